The average Bonchev–Trinajstić information content (AvgIpc) is 2.99. The fourth-order valence-corrected chi connectivity index (χ4v) is 4.06. The Balaban J connectivity index is 1.74. The third-order valence-electron chi connectivity index (χ3n) is 5.21. The first kappa shape index (κ1) is 23.2. The highest BCUT2D eigenvalue weighted by molar-refractivity contribution is 6.32. The molecule has 2 aromatic rings. The number of aromatic nitrogens is 1. The van der Waals surface area contributed by atoms with Crippen LogP contribution in [-0.4, -0.2) is 49.1 Å². The summed E-state index contributed by atoms with van der Waals surface area (Å²) in [5, 5.41) is 0.525. The lowest BCUT2D eigenvalue weighted by Gasteiger charge is -2.30. The molecule has 0 spiro atoms. The molecule has 1 atom stereocenters. The molecular formula is C24H32ClN3O3. The van der Waals surface area contributed by atoms with Gasteiger partial charge in [0.05, 0.1) is 24.2 Å². The molecule has 1 unspecified atom stereocenters. The van der Waals surface area contributed by atoms with Crippen LogP contribution < -0.4 is 14.4 Å². The SMILES string of the molecule is CC(C)CN(Cc1cc(Cl)c2c(c1)OCCCO2)C(=O)C(C)CN(C)c1ccncc1. The zero-order valence-corrected chi connectivity index (χ0v) is 19.6. The van der Waals surface area contributed by atoms with Crippen LogP contribution in [0, 0.1) is 11.8 Å². The molecule has 1 aliphatic rings. The van der Waals surface area contributed by atoms with Gasteiger partial charge in [0, 0.05) is 51.2 Å². The Labute approximate surface area is 190 Å². The third-order valence-corrected chi connectivity index (χ3v) is 5.49. The lowest BCUT2D eigenvalue weighted by atomic mass is 10.1. The number of carbonyl (C=O) groups excluding carboxylic acids is 1. The Morgan fingerprint density at radius 1 is 1.13 bits per heavy atom. The number of hydrogen-bond acceptors (Lipinski definition) is 5. The van der Waals surface area contributed by atoms with Gasteiger partial charge in [0.25, 0.3) is 0 Å². The molecule has 1 aromatic carbocycles. The normalized spacial score (nSPS) is 14.1. The summed E-state index contributed by atoms with van der Waals surface area (Å²) >= 11 is 6.47. The molecule has 2 heterocycles. The molecule has 7 heteroatoms. The standard InChI is InChI=1S/C24H32ClN3O3/c1-17(2)14-28(24(29)18(3)15-27(4)20-6-8-26-9-7-20)16-19-12-21(25)23-22(13-19)30-10-5-11-31-23/h6-9,12-13,17-18H,5,10-11,14-16H2,1-4H3. The summed E-state index contributed by atoms with van der Waals surface area (Å²) in [6, 6.07) is 7.72. The number of pyridine rings is 1. The van der Waals surface area contributed by atoms with Crippen molar-refractivity contribution < 1.29 is 14.3 Å². The van der Waals surface area contributed by atoms with E-state index < -0.39 is 0 Å². The van der Waals surface area contributed by atoms with Gasteiger partial charge >= 0.3 is 0 Å². The molecule has 0 N–H and O–H groups in total. The first-order chi connectivity index (χ1) is 14.8. The van der Waals surface area contributed by atoms with Crippen molar-refractivity contribution in [3.05, 3.63) is 47.2 Å². The Kier molecular flexibility index (Phi) is 8.02. The molecule has 0 fully saturated rings. The zero-order chi connectivity index (χ0) is 22.4. The molecule has 0 saturated heterocycles. The van der Waals surface area contributed by atoms with Crippen molar-refractivity contribution >= 4 is 23.2 Å². The van der Waals surface area contributed by atoms with Crippen LogP contribution in [-0.2, 0) is 11.3 Å². The van der Waals surface area contributed by atoms with Gasteiger partial charge in [-0.2, -0.15) is 0 Å². The number of ether oxygens (including phenoxy) is 2. The van der Waals surface area contributed by atoms with Crippen molar-refractivity contribution in [1.29, 1.82) is 0 Å². The summed E-state index contributed by atoms with van der Waals surface area (Å²) in [6.07, 6.45) is 4.34. The topological polar surface area (TPSA) is 54.9 Å². The van der Waals surface area contributed by atoms with Crippen LogP contribution in [0.4, 0.5) is 5.69 Å². The highest BCUT2D eigenvalue weighted by Crippen LogP contribution is 2.38. The molecule has 168 valence electrons. The van der Waals surface area contributed by atoms with E-state index in [1.807, 2.05) is 43.1 Å². The molecule has 3 rings (SSSR count). The number of amides is 1. The summed E-state index contributed by atoms with van der Waals surface area (Å²) in [6.45, 7) is 9.19. The first-order valence-electron chi connectivity index (χ1n) is 10.8. The van der Waals surface area contributed by atoms with E-state index in [0.717, 1.165) is 17.7 Å². The minimum Gasteiger partial charge on any atom is -0.489 e. The van der Waals surface area contributed by atoms with Gasteiger partial charge in [0.1, 0.15) is 0 Å². The van der Waals surface area contributed by atoms with Crippen LogP contribution in [0.2, 0.25) is 5.02 Å². The highest BCUT2D eigenvalue weighted by atomic mass is 35.5. The molecule has 0 saturated carbocycles. The number of halogens is 1. The minimum absolute atomic E-state index is 0.123. The second-order valence-electron chi connectivity index (χ2n) is 8.55. The molecular weight excluding hydrogens is 414 g/mol. The van der Waals surface area contributed by atoms with Crippen LogP contribution in [0.5, 0.6) is 11.5 Å². The van der Waals surface area contributed by atoms with Crippen LogP contribution in [0.1, 0.15) is 32.8 Å². The van der Waals surface area contributed by atoms with Crippen molar-refractivity contribution in [2.75, 3.05) is 38.3 Å². The van der Waals surface area contributed by atoms with E-state index in [2.05, 4.69) is 23.7 Å². The van der Waals surface area contributed by atoms with Crippen molar-refractivity contribution in [3.8, 4) is 11.5 Å². The quantitative estimate of drug-likeness (QED) is 0.591. The van der Waals surface area contributed by atoms with Gasteiger partial charge in [-0.15, -0.1) is 0 Å². The Morgan fingerprint density at radius 2 is 1.84 bits per heavy atom. The van der Waals surface area contributed by atoms with E-state index in [0.29, 0.717) is 55.3 Å². The van der Waals surface area contributed by atoms with Gasteiger partial charge in [-0.3, -0.25) is 9.78 Å². The summed E-state index contributed by atoms with van der Waals surface area (Å²) in [5.41, 5.74) is 1.98. The van der Waals surface area contributed by atoms with E-state index in [1.165, 1.54) is 0 Å². The van der Waals surface area contributed by atoms with Gasteiger partial charge in [-0.25, -0.2) is 0 Å². The average molecular weight is 446 g/mol. The maximum atomic E-state index is 13.4. The highest BCUT2D eigenvalue weighted by Gasteiger charge is 2.24. The fraction of sp³-hybridized carbons (Fsp3) is 0.500. The van der Waals surface area contributed by atoms with Crippen LogP contribution >= 0.6 is 11.6 Å². The summed E-state index contributed by atoms with van der Waals surface area (Å²) in [7, 11) is 2.00. The molecule has 0 radical (unpaired) electrons. The largest absolute Gasteiger partial charge is 0.489 e. The number of hydrogen-bond donors (Lipinski definition) is 0. The van der Waals surface area contributed by atoms with E-state index in [-0.39, 0.29) is 11.8 Å². The molecule has 1 aliphatic heterocycles. The predicted octanol–water partition coefficient (Wildman–Crippen LogP) is 4.65. The fourth-order valence-electron chi connectivity index (χ4n) is 3.77. The smallest absolute Gasteiger partial charge is 0.227 e. The Hall–Kier alpha value is -2.47. The molecule has 1 amide bonds. The molecule has 31 heavy (non-hydrogen) atoms. The number of fused-ring (bicyclic) bond motifs is 1. The number of carbonyl (C=O) groups is 1. The molecule has 1 aromatic heterocycles. The zero-order valence-electron chi connectivity index (χ0n) is 18.8. The maximum absolute atomic E-state index is 13.4. The minimum atomic E-state index is -0.159. The van der Waals surface area contributed by atoms with Crippen LogP contribution in [0.3, 0.4) is 0 Å². The lowest BCUT2D eigenvalue weighted by molar-refractivity contribution is -0.135. The Bertz CT molecular complexity index is 876. The Morgan fingerprint density at radius 3 is 2.55 bits per heavy atom. The van der Waals surface area contributed by atoms with Crippen molar-refractivity contribution in [2.45, 2.75) is 33.7 Å². The summed E-state index contributed by atoms with van der Waals surface area (Å²) in [5.74, 6) is 1.56. The van der Waals surface area contributed by atoms with Crippen molar-refractivity contribution in [1.82, 2.24) is 9.88 Å². The van der Waals surface area contributed by atoms with E-state index >= 15 is 0 Å². The predicted molar refractivity (Wildman–Crippen MR) is 124 cm³/mol. The maximum Gasteiger partial charge on any atom is 0.227 e. The van der Waals surface area contributed by atoms with Crippen LogP contribution in [0.15, 0.2) is 36.7 Å². The number of nitrogens with zero attached hydrogens (tertiary/aromatic N) is 3. The third kappa shape index (κ3) is 6.26. The number of rotatable bonds is 8. The van der Waals surface area contributed by atoms with E-state index in [9.17, 15) is 4.79 Å². The van der Waals surface area contributed by atoms with Gasteiger partial charge < -0.3 is 19.3 Å². The number of benzene rings is 1. The van der Waals surface area contributed by atoms with E-state index in [4.69, 9.17) is 21.1 Å². The first-order valence-corrected chi connectivity index (χ1v) is 11.2. The van der Waals surface area contributed by atoms with Gasteiger partial charge in [-0.05, 0) is 35.7 Å². The molecule has 0 aliphatic carbocycles. The van der Waals surface area contributed by atoms with E-state index in [1.54, 1.807) is 12.4 Å². The lowest BCUT2D eigenvalue weighted by Crippen LogP contribution is -2.41. The monoisotopic (exact) mass is 445 g/mol. The second kappa shape index (κ2) is 10.7. The second-order valence-corrected chi connectivity index (χ2v) is 8.96. The van der Waals surface area contributed by atoms with Crippen molar-refractivity contribution in [3.63, 3.8) is 0 Å². The van der Waals surface area contributed by atoms with Crippen molar-refractivity contribution in [2.24, 2.45) is 11.8 Å². The summed E-state index contributed by atoms with van der Waals surface area (Å²) in [4.78, 5) is 21.4. The van der Waals surface area contributed by atoms with Gasteiger partial charge in [0.15, 0.2) is 11.5 Å². The molecule has 6 nitrogen and oxygen atoms in total. The van der Waals surface area contributed by atoms with Gasteiger partial charge in [0.2, 0.25) is 5.91 Å². The number of anilines is 1. The molecule has 0 bridgehead atoms. The van der Waals surface area contributed by atoms with Gasteiger partial charge in [-0.1, -0.05) is 32.4 Å². The van der Waals surface area contributed by atoms with Crippen LogP contribution in [0.25, 0.3) is 0 Å². The summed E-state index contributed by atoms with van der Waals surface area (Å²) < 4.78 is 11.5.